The lowest BCUT2D eigenvalue weighted by Gasteiger charge is -2.23. The smallest absolute Gasteiger partial charge is 0.169 e. The van der Waals surface area contributed by atoms with Crippen molar-refractivity contribution in [2.45, 2.75) is 6.42 Å². The first-order valence-corrected chi connectivity index (χ1v) is 5.84. The topological polar surface area (TPSA) is 17.1 Å². The normalized spacial score (nSPS) is 10.9. The van der Waals surface area contributed by atoms with Crippen molar-refractivity contribution in [3.05, 3.63) is 33.8 Å². The molecule has 17 heavy (non-hydrogen) atoms. The highest BCUT2D eigenvalue weighted by Gasteiger charge is 2.15. The van der Waals surface area contributed by atoms with Crippen molar-refractivity contribution >= 4 is 29.0 Å². The Kier molecular flexibility index (Phi) is 6.99. The van der Waals surface area contributed by atoms with Crippen molar-refractivity contribution in [3.63, 3.8) is 0 Å². The monoisotopic (exact) mass is 387 g/mol. The van der Waals surface area contributed by atoms with Gasteiger partial charge in [0.1, 0.15) is 0 Å². The van der Waals surface area contributed by atoms with Gasteiger partial charge in [0.05, 0.1) is 39.1 Å². The third-order valence-corrected chi connectivity index (χ3v) is 2.79. The van der Waals surface area contributed by atoms with Crippen molar-refractivity contribution in [1.29, 1.82) is 0 Å². The molecule has 0 aliphatic heterocycles. The summed E-state index contributed by atoms with van der Waals surface area (Å²) in [4.78, 5) is 11.9. The summed E-state index contributed by atoms with van der Waals surface area (Å²) in [6, 6.07) is 4.97. The fourth-order valence-electron chi connectivity index (χ4n) is 1.29. The molecule has 2 nitrogen and oxygen atoms in total. The van der Waals surface area contributed by atoms with Gasteiger partial charge in [-0.2, -0.15) is 0 Å². The summed E-state index contributed by atoms with van der Waals surface area (Å²) < 4.78 is 0.761. The van der Waals surface area contributed by atoms with Crippen LogP contribution in [0.25, 0.3) is 0 Å². The number of nitrogens with zero attached hydrogens (tertiary/aromatic N) is 1. The summed E-state index contributed by atoms with van der Waals surface area (Å²) >= 11 is 11.7. The van der Waals surface area contributed by atoms with E-state index in [1.807, 2.05) is 0 Å². The van der Waals surface area contributed by atoms with Crippen LogP contribution in [-0.2, 0) is 0 Å². The van der Waals surface area contributed by atoms with Crippen LogP contribution >= 0.6 is 23.2 Å². The summed E-state index contributed by atoms with van der Waals surface area (Å²) in [6.07, 6.45) is 0.491. The first-order chi connectivity index (χ1) is 7.29. The highest BCUT2D eigenvalue weighted by Crippen LogP contribution is 2.22. The summed E-state index contributed by atoms with van der Waals surface area (Å²) in [6.45, 7) is 0.789. The van der Waals surface area contributed by atoms with Gasteiger partial charge in [0.2, 0.25) is 0 Å². The molecule has 0 unspecified atom stereocenters. The van der Waals surface area contributed by atoms with E-state index in [1.54, 1.807) is 18.2 Å². The Bertz CT molecular complexity index is 402. The Hall–Kier alpha value is 0.160. The van der Waals surface area contributed by atoms with Crippen molar-refractivity contribution in [2.75, 3.05) is 27.7 Å². The molecule has 0 radical (unpaired) electrons. The Morgan fingerprint density at radius 1 is 1.24 bits per heavy atom. The van der Waals surface area contributed by atoms with Crippen LogP contribution in [0.2, 0.25) is 10.0 Å². The molecule has 0 amide bonds. The number of benzene rings is 1. The van der Waals surface area contributed by atoms with E-state index in [0.717, 1.165) is 11.0 Å². The van der Waals surface area contributed by atoms with E-state index in [1.165, 1.54) is 0 Å². The fourth-order valence-corrected chi connectivity index (χ4v) is 1.80. The molecule has 1 aromatic carbocycles. The number of hydrogen-bond donors (Lipinski definition) is 0. The minimum absolute atomic E-state index is 0. The molecule has 0 fully saturated rings. The van der Waals surface area contributed by atoms with Gasteiger partial charge in [0.15, 0.2) is 5.78 Å². The van der Waals surface area contributed by atoms with Gasteiger partial charge in [0, 0.05) is 10.6 Å². The lowest BCUT2D eigenvalue weighted by atomic mass is 10.1. The Labute approximate surface area is 130 Å². The van der Waals surface area contributed by atoms with Gasteiger partial charge in [0.25, 0.3) is 0 Å². The quantitative estimate of drug-likeness (QED) is 0.412. The van der Waals surface area contributed by atoms with Gasteiger partial charge < -0.3 is 28.5 Å². The van der Waals surface area contributed by atoms with Crippen LogP contribution in [-0.4, -0.2) is 38.0 Å². The molecule has 0 bridgehead atoms. The number of carbonyl (C=O) groups is 1. The number of carbonyl (C=O) groups excluding carboxylic acids is 1. The molecule has 96 valence electrons. The molecule has 5 heteroatoms. The second-order valence-electron chi connectivity index (χ2n) is 4.81. The summed E-state index contributed by atoms with van der Waals surface area (Å²) in [5.74, 6) is 0.0646. The highest BCUT2D eigenvalue weighted by atomic mass is 127. The summed E-state index contributed by atoms with van der Waals surface area (Å²) in [5.41, 5.74) is 0.555. The molecule has 0 spiro atoms. The van der Waals surface area contributed by atoms with Crippen LogP contribution in [0.5, 0.6) is 0 Å². The Balaban J connectivity index is 0.00000256. The molecule has 0 aliphatic carbocycles. The zero-order valence-corrected chi connectivity index (χ0v) is 13.8. The average Bonchev–Trinajstić information content (AvgIpc) is 2.13. The second kappa shape index (κ2) is 6.92. The fraction of sp³-hybridized carbons (Fsp3) is 0.417. The van der Waals surface area contributed by atoms with Crippen LogP contribution in [0.3, 0.4) is 0 Å². The minimum Gasteiger partial charge on any atom is -1.00 e. The van der Waals surface area contributed by atoms with E-state index < -0.39 is 0 Å². The molecular formula is C12H16Cl2INO. The van der Waals surface area contributed by atoms with Crippen LogP contribution < -0.4 is 24.0 Å². The van der Waals surface area contributed by atoms with E-state index in [9.17, 15) is 4.79 Å². The van der Waals surface area contributed by atoms with Gasteiger partial charge in [-0.25, -0.2) is 0 Å². The summed E-state index contributed by atoms with van der Waals surface area (Å²) in [5, 5.41) is 0.979. The van der Waals surface area contributed by atoms with Crippen molar-refractivity contribution < 1.29 is 33.3 Å². The number of rotatable bonds is 4. The van der Waals surface area contributed by atoms with Crippen LogP contribution in [0, 0.1) is 0 Å². The second-order valence-corrected chi connectivity index (χ2v) is 5.65. The molecular weight excluding hydrogens is 372 g/mol. The molecule has 0 saturated heterocycles. The van der Waals surface area contributed by atoms with Crippen LogP contribution in [0.15, 0.2) is 18.2 Å². The van der Waals surface area contributed by atoms with E-state index in [2.05, 4.69) is 21.1 Å². The molecule has 0 aromatic heterocycles. The molecule has 1 rings (SSSR count). The molecule has 0 heterocycles. The first-order valence-electron chi connectivity index (χ1n) is 5.08. The van der Waals surface area contributed by atoms with Crippen molar-refractivity contribution in [1.82, 2.24) is 0 Å². The Morgan fingerprint density at radius 2 is 1.82 bits per heavy atom. The number of quaternary nitrogens is 1. The molecule has 0 atom stereocenters. The zero-order chi connectivity index (χ0) is 12.3. The molecule has 0 N–H and O–H groups in total. The number of ketones is 1. The number of Topliss-reactive ketones (excluding diaryl/α,β-unsaturated/α-hetero) is 1. The maximum absolute atomic E-state index is 11.9. The van der Waals surface area contributed by atoms with Gasteiger partial charge in [-0.3, -0.25) is 4.79 Å². The van der Waals surface area contributed by atoms with Gasteiger partial charge in [-0.15, -0.1) is 0 Å². The first kappa shape index (κ1) is 17.2. The van der Waals surface area contributed by atoms with Crippen LogP contribution in [0.4, 0.5) is 0 Å². The number of hydrogen-bond acceptors (Lipinski definition) is 1. The van der Waals surface area contributed by atoms with E-state index in [-0.39, 0.29) is 29.8 Å². The van der Waals surface area contributed by atoms with Gasteiger partial charge >= 0.3 is 0 Å². The lowest BCUT2D eigenvalue weighted by Crippen LogP contribution is -3.00. The summed E-state index contributed by atoms with van der Waals surface area (Å²) in [7, 11) is 6.16. The average molecular weight is 388 g/mol. The van der Waals surface area contributed by atoms with Crippen molar-refractivity contribution in [3.8, 4) is 0 Å². The maximum atomic E-state index is 11.9. The van der Waals surface area contributed by atoms with Gasteiger partial charge in [-0.1, -0.05) is 23.2 Å². The molecule has 0 saturated carbocycles. The van der Waals surface area contributed by atoms with Gasteiger partial charge in [-0.05, 0) is 18.2 Å². The largest absolute Gasteiger partial charge is 1.00 e. The zero-order valence-electron chi connectivity index (χ0n) is 10.1. The standard InChI is InChI=1S/C12H16Cl2NO.HI/c1-15(2,3)7-6-12(16)10-5-4-9(13)8-11(10)14;/h4-5,8H,6-7H2,1-3H3;1H/q+1;/p-1. The van der Waals surface area contributed by atoms with Crippen molar-refractivity contribution in [2.24, 2.45) is 0 Å². The highest BCUT2D eigenvalue weighted by molar-refractivity contribution is 6.36. The third-order valence-electron chi connectivity index (χ3n) is 2.24. The Morgan fingerprint density at radius 3 is 2.29 bits per heavy atom. The molecule has 1 aromatic rings. The predicted octanol–water partition coefficient (Wildman–Crippen LogP) is 0.276. The minimum atomic E-state index is 0. The SMILES string of the molecule is C[N+](C)(C)CCC(=O)c1ccc(Cl)cc1Cl.[I-]. The van der Waals surface area contributed by atoms with E-state index in [4.69, 9.17) is 23.2 Å². The third kappa shape index (κ3) is 6.04. The lowest BCUT2D eigenvalue weighted by molar-refractivity contribution is -0.869. The van der Waals surface area contributed by atoms with Crippen LogP contribution in [0.1, 0.15) is 16.8 Å². The number of halogens is 3. The molecule has 0 aliphatic rings. The predicted molar refractivity (Wildman–Crippen MR) is 68.3 cm³/mol. The van der Waals surface area contributed by atoms with E-state index in [0.29, 0.717) is 22.0 Å². The van der Waals surface area contributed by atoms with E-state index >= 15 is 0 Å². The maximum Gasteiger partial charge on any atom is 0.169 e.